The van der Waals surface area contributed by atoms with Crippen molar-refractivity contribution in [3.8, 4) is 0 Å². The number of para-hydroxylation sites is 4. The maximum absolute atomic E-state index is 13.6. The quantitative estimate of drug-likeness (QED) is 0.129. The highest BCUT2D eigenvalue weighted by Crippen LogP contribution is 2.44. The summed E-state index contributed by atoms with van der Waals surface area (Å²) in [6.45, 7) is 9.78. The van der Waals surface area contributed by atoms with Crippen LogP contribution in [0.2, 0.25) is 26.2 Å². The molecule has 2 aliphatic heterocycles. The predicted octanol–water partition coefficient (Wildman–Crippen LogP) is 9.42. The molecule has 4 heterocycles. The first kappa shape index (κ1) is 32.9. The van der Waals surface area contributed by atoms with Crippen molar-refractivity contribution in [1.29, 1.82) is 0 Å². The first-order chi connectivity index (χ1) is 27.1. The fourth-order valence-electron chi connectivity index (χ4n) is 9.31. The molecule has 0 saturated carbocycles. The molecule has 0 unspecified atom stereocenters. The van der Waals surface area contributed by atoms with Crippen molar-refractivity contribution < 1.29 is 8.83 Å². The van der Waals surface area contributed by atoms with Crippen LogP contribution in [0, 0.1) is 0 Å². The summed E-state index contributed by atoms with van der Waals surface area (Å²) in [6.07, 6.45) is 0. The van der Waals surface area contributed by atoms with E-state index in [9.17, 15) is 9.59 Å². The largest absolute Gasteiger partial charge is 0.456 e. The summed E-state index contributed by atoms with van der Waals surface area (Å²) in [7, 11) is -4.60. The number of rotatable bonds is 2. The molecule has 0 amide bonds. The van der Waals surface area contributed by atoms with Gasteiger partial charge in [0, 0.05) is 46.3 Å². The van der Waals surface area contributed by atoms with Gasteiger partial charge in [-0.3, -0.25) is 9.59 Å². The molecule has 9 aromatic rings. The van der Waals surface area contributed by atoms with E-state index in [1.807, 2.05) is 72.8 Å². The second kappa shape index (κ2) is 11.5. The van der Waals surface area contributed by atoms with E-state index in [-0.39, 0.29) is 10.9 Å². The van der Waals surface area contributed by atoms with Crippen LogP contribution < -0.4 is 41.4 Å². The van der Waals surface area contributed by atoms with Gasteiger partial charge < -0.3 is 18.6 Å². The molecular formula is C48H36N2O4Si2. The third-order valence-electron chi connectivity index (χ3n) is 12.2. The van der Waals surface area contributed by atoms with E-state index < -0.39 is 16.1 Å². The van der Waals surface area contributed by atoms with Gasteiger partial charge >= 0.3 is 0 Å². The van der Waals surface area contributed by atoms with E-state index in [1.54, 1.807) is 0 Å². The minimum atomic E-state index is -2.30. The number of fused-ring (bicyclic) bond motifs is 8. The summed E-state index contributed by atoms with van der Waals surface area (Å²) in [5.74, 6) is 0. The Labute approximate surface area is 324 Å². The lowest BCUT2D eigenvalue weighted by Gasteiger charge is -2.46. The molecule has 8 heteroatoms. The summed E-state index contributed by atoms with van der Waals surface area (Å²) in [6, 6.07) is 49.4. The van der Waals surface area contributed by atoms with E-state index in [1.165, 1.54) is 20.7 Å². The van der Waals surface area contributed by atoms with E-state index in [4.69, 9.17) is 8.83 Å². The first-order valence-corrected chi connectivity index (χ1v) is 25.0. The van der Waals surface area contributed by atoms with Crippen molar-refractivity contribution in [2.75, 3.05) is 9.80 Å². The van der Waals surface area contributed by atoms with Crippen molar-refractivity contribution in [1.82, 2.24) is 0 Å². The SMILES string of the molecule is C[Si]1(C)c2ccccc2N(c2ccc3c(=O)c4ccccc4oc3c2)c2cc3c(cc21)N(c1ccc2c(=O)c4ccccc4oc2c1)c1ccccc1[Si]3(C)C. The molecule has 56 heavy (non-hydrogen) atoms. The minimum absolute atomic E-state index is 0.0249. The molecule has 2 aliphatic rings. The predicted molar refractivity (Wildman–Crippen MR) is 236 cm³/mol. The van der Waals surface area contributed by atoms with Crippen LogP contribution in [0.15, 0.2) is 164 Å². The van der Waals surface area contributed by atoms with Crippen LogP contribution in [0.5, 0.6) is 0 Å². The monoisotopic (exact) mass is 760 g/mol. The summed E-state index contributed by atoms with van der Waals surface area (Å²) < 4.78 is 12.8. The van der Waals surface area contributed by atoms with Gasteiger partial charge in [0.05, 0.1) is 21.5 Å². The van der Waals surface area contributed by atoms with Gasteiger partial charge in [-0.1, -0.05) is 86.9 Å². The van der Waals surface area contributed by atoms with Crippen molar-refractivity contribution in [2.45, 2.75) is 26.2 Å². The van der Waals surface area contributed by atoms with Gasteiger partial charge in [-0.15, -0.1) is 0 Å². The second-order valence-electron chi connectivity index (χ2n) is 16.1. The average molecular weight is 761 g/mol. The van der Waals surface area contributed by atoms with Crippen LogP contribution in [-0.4, -0.2) is 16.1 Å². The van der Waals surface area contributed by atoms with Gasteiger partial charge in [-0.05, 0) is 93.5 Å². The number of hydrogen-bond acceptors (Lipinski definition) is 6. The standard InChI is InChI=1S/C48H36N2O4Si2/c1-55(2)43-19-11-7-15-35(43)49(29-21-23-33-41(25-29)53-39-17-9-5-13-31(39)47(33)51)37-28-46-38(27-45(37)55)50(36-16-8-12-20-44(36)56(46,3)4)30-22-24-34-42(26-30)54-40-18-10-6-14-32(40)48(34)52/h5-28H,1-4H3. The number of benzene rings is 7. The zero-order valence-corrected chi connectivity index (χ0v) is 33.4. The van der Waals surface area contributed by atoms with E-state index >= 15 is 0 Å². The normalized spacial score (nSPS) is 15.1. The Bertz CT molecular complexity index is 3070. The maximum atomic E-state index is 13.6. The maximum Gasteiger partial charge on any atom is 0.200 e. The second-order valence-corrected chi connectivity index (χ2v) is 24.7. The third kappa shape index (κ3) is 4.48. The Hall–Kier alpha value is -6.49. The Morgan fingerprint density at radius 2 is 0.750 bits per heavy atom. The molecule has 0 saturated heterocycles. The van der Waals surface area contributed by atoms with Crippen LogP contribution in [-0.2, 0) is 0 Å². The van der Waals surface area contributed by atoms with E-state index in [0.717, 1.165) is 34.1 Å². The molecule has 0 spiro atoms. The Kier molecular flexibility index (Phi) is 6.77. The molecule has 0 bridgehead atoms. The number of nitrogens with zero attached hydrogens (tertiary/aromatic N) is 2. The van der Waals surface area contributed by atoms with Gasteiger partial charge in [0.2, 0.25) is 10.9 Å². The summed E-state index contributed by atoms with van der Waals surface area (Å²) in [4.78, 5) is 31.9. The fraction of sp³-hybridized carbons (Fsp3) is 0.0833. The molecule has 0 radical (unpaired) electrons. The van der Waals surface area contributed by atoms with Crippen molar-refractivity contribution in [3.63, 3.8) is 0 Å². The summed E-state index contributed by atoms with van der Waals surface area (Å²) >= 11 is 0. The lowest BCUT2D eigenvalue weighted by atomic mass is 10.1. The first-order valence-electron chi connectivity index (χ1n) is 19.0. The molecule has 0 aliphatic carbocycles. The molecule has 0 N–H and O–H groups in total. The van der Waals surface area contributed by atoms with E-state index in [2.05, 4.69) is 109 Å². The minimum Gasteiger partial charge on any atom is -0.456 e. The lowest BCUT2D eigenvalue weighted by molar-refractivity contribution is 0.659. The van der Waals surface area contributed by atoms with Crippen LogP contribution in [0.4, 0.5) is 34.1 Å². The van der Waals surface area contributed by atoms with Crippen molar-refractivity contribution in [3.05, 3.63) is 166 Å². The van der Waals surface area contributed by atoms with Gasteiger partial charge in [0.1, 0.15) is 38.5 Å². The van der Waals surface area contributed by atoms with Crippen molar-refractivity contribution in [2.24, 2.45) is 0 Å². The molecule has 2 aromatic heterocycles. The lowest BCUT2D eigenvalue weighted by Crippen LogP contribution is -2.62. The smallest absolute Gasteiger partial charge is 0.200 e. The third-order valence-corrected chi connectivity index (χ3v) is 19.3. The van der Waals surface area contributed by atoms with Crippen LogP contribution in [0.3, 0.4) is 0 Å². The van der Waals surface area contributed by atoms with Gasteiger partial charge in [0.15, 0.2) is 0 Å². The highest BCUT2D eigenvalue weighted by Gasteiger charge is 2.44. The molecular weight excluding hydrogens is 725 g/mol. The molecule has 0 fully saturated rings. The Morgan fingerprint density at radius 3 is 1.20 bits per heavy atom. The summed E-state index contributed by atoms with van der Waals surface area (Å²) in [5, 5.41) is 7.62. The Balaban J connectivity index is 1.18. The molecule has 6 nitrogen and oxygen atoms in total. The molecule has 0 atom stereocenters. The molecule has 11 rings (SSSR count). The molecule has 270 valence electrons. The van der Waals surface area contributed by atoms with Crippen LogP contribution >= 0.6 is 0 Å². The van der Waals surface area contributed by atoms with E-state index in [0.29, 0.717) is 43.9 Å². The van der Waals surface area contributed by atoms with Crippen LogP contribution in [0.1, 0.15) is 0 Å². The average Bonchev–Trinajstić information content (AvgIpc) is 3.21. The van der Waals surface area contributed by atoms with Crippen molar-refractivity contribution >= 4 is 115 Å². The topological polar surface area (TPSA) is 66.9 Å². The molecule has 7 aromatic carbocycles. The Morgan fingerprint density at radius 1 is 0.375 bits per heavy atom. The zero-order valence-electron chi connectivity index (χ0n) is 31.4. The zero-order chi connectivity index (χ0) is 38.1. The summed E-state index contributed by atoms with van der Waals surface area (Å²) in [5.41, 5.74) is 8.77. The van der Waals surface area contributed by atoms with Gasteiger partial charge in [-0.25, -0.2) is 0 Å². The van der Waals surface area contributed by atoms with Crippen LogP contribution in [0.25, 0.3) is 43.9 Å². The highest BCUT2D eigenvalue weighted by molar-refractivity contribution is 7.04. The highest BCUT2D eigenvalue weighted by atomic mass is 28.3. The number of anilines is 6. The van der Waals surface area contributed by atoms with Gasteiger partial charge in [0.25, 0.3) is 0 Å². The fourth-order valence-corrected chi connectivity index (χ4v) is 15.2. The number of hydrogen-bond donors (Lipinski definition) is 0. The van der Waals surface area contributed by atoms with Gasteiger partial charge in [-0.2, -0.15) is 0 Å².